The van der Waals surface area contributed by atoms with E-state index in [9.17, 15) is 4.79 Å². The van der Waals surface area contributed by atoms with Crippen LogP contribution in [-0.4, -0.2) is 40.0 Å². The van der Waals surface area contributed by atoms with Gasteiger partial charge in [0.05, 0.1) is 6.61 Å². The Bertz CT molecular complexity index is 1000. The monoisotopic (exact) mass is 470 g/mol. The molecule has 0 atom stereocenters. The third kappa shape index (κ3) is 9.93. The Labute approximate surface area is 201 Å². The molecular formula is C24H38N8O2. The second kappa shape index (κ2) is 14.6. The largest absolute Gasteiger partial charge is 0.494 e. The minimum absolute atomic E-state index is 0.0359. The van der Waals surface area contributed by atoms with Gasteiger partial charge in [-0.15, -0.1) is 0 Å². The van der Waals surface area contributed by atoms with Crippen molar-refractivity contribution in [1.29, 1.82) is 5.41 Å². The van der Waals surface area contributed by atoms with E-state index in [4.69, 9.17) is 27.3 Å². The summed E-state index contributed by atoms with van der Waals surface area (Å²) in [5, 5.41) is 7.43. The van der Waals surface area contributed by atoms with Crippen LogP contribution in [0.5, 0.6) is 5.75 Å². The van der Waals surface area contributed by atoms with E-state index in [0.717, 1.165) is 57.2 Å². The van der Waals surface area contributed by atoms with E-state index in [1.165, 1.54) is 6.92 Å². The van der Waals surface area contributed by atoms with E-state index in [1.807, 2.05) is 21.5 Å². The number of carbonyl (C=O) groups is 1. The Balaban J connectivity index is 1.77. The van der Waals surface area contributed by atoms with Crippen LogP contribution in [0.4, 0.5) is 0 Å². The number of carbonyl (C=O) groups excluding carboxylic acids is 1. The Kier molecular flexibility index (Phi) is 11.4. The summed E-state index contributed by atoms with van der Waals surface area (Å²) >= 11 is 0. The molecule has 0 aliphatic heterocycles. The topological polar surface area (TPSA) is 163 Å². The number of benzene rings is 1. The summed E-state index contributed by atoms with van der Waals surface area (Å²) in [5.74, 6) is 0.714. The van der Waals surface area contributed by atoms with Gasteiger partial charge in [0.1, 0.15) is 11.6 Å². The lowest BCUT2D eigenvalue weighted by atomic mass is 10.1. The van der Waals surface area contributed by atoms with E-state index >= 15 is 0 Å². The van der Waals surface area contributed by atoms with Crippen molar-refractivity contribution in [2.24, 2.45) is 27.2 Å². The minimum atomic E-state index is -0.212. The van der Waals surface area contributed by atoms with E-state index in [1.54, 1.807) is 24.3 Å². The number of aliphatic imine (C=N–C) groups is 1. The fourth-order valence-corrected chi connectivity index (χ4v) is 3.54. The number of aryl methyl sites for hydroxylation is 2. The molecule has 0 saturated heterocycles. The third-order valence-electron chi connectivity index (χ3n) is 5.28. The molecule has 0 fully saturated rings. The number of nitrogens with zero attached hydrogens (tertiary/aromatic N) is 4. The fourth-order valence-electron chi connectivity index (χ4n) is 3.54. The highest BCUT2D eigenvalue weighted by atomic mass is 16.5. The molecule has 186 valence electrons. The summed E-state index contributed by atoms with van der Waals surface area (Å²) in [4.78, 5) is 19.9. The molecule has 0 unspecified atom stereocenters. The molecular weight excluding hydrogens is 432 g/mol. The summed E-state index contributed by atoms with van der Waals surface area (Å²) in [5.41, 5.74) is 17.5. The van der Waals surface area contributed by atoms with Crippen molar-refractivity contribution in [2.75, 3.05) is 13.2 Å². The third-order valence-corrected chi connectivity index (χ3v) is 5.28. The van der Waals surface area contributed by atoms with Crippen LogP contribution in [0.15, 0.2) is 46.6 Å². The predicted molar refractivity (Wildman–Crippen MR) is 135 cm³/mol. The molecule has 2 rings (SSSR count). The number of unbranched alkanes of at least 4 members (excludes halogenated alkanes) is 5. The normalized spacial score (nSPS) is 11.4. The van der Waals surface area contributed by atoms with Crippen molar-refractivity contribution in [3.05, 3.63) is 47.8 Å². The van der Waals surface area contributed by atoms with E-state index in [0.29, 0.717) is 30.9 Å². The molecule has 0 aliphatic rings. The lowest BCUT2D eigenvalue weighted by molar-refractivity contribution is -0.116. The average molecular weight is 471 g/mol. The van der Waals surface area contributed by atoms with Crippen LogP contribution in [0.1, 0.15) is 57.4 Å². The van der Waals surface area contributed by atoms with E-state index in [-0.39, 0.29) is 17.7 Å². The van der Waals surface area contributed by atoms with Gasteiger partial charge >= 0.3 is 0 Å². The smallest absolute Gasteiger partial charge is 0.245 e. The van der Waals surface area contributed by atoms with Crippen LogP contribution in [-0.2, 0) is 17.9 Å². The highest BCUT2D eigenvalue weighted by Gasteiger charge is 2.04. The molecule has 0 radical (unpaired) electrons. The molecule has 34 heavy (non-hydrogen) atoms. The Morgan fingerprint density at radius 2 is 1.50 bits per heavy atom. The molecule has 10 heteroatoms. The van der Waals surface area contributed by atoms with Crippen molar-refractivity contribution in [3.63, 3.8) is 0 Å². The van der Waals surface area contributed by atoms with Crippen LogP contribution in [0.25, 0.3) is 0 Å². The number of hydrogen-bond acceptors (Lipinski definition) is 4. The molecule has 1 aromatic carbocycles. The number of hydrogen-bond donors (Lipinski definition) is 4. The summed E-state index contributed by atoms with van der Waals surface area (Å²) in [7, 11) is 0. The zero-order chi connectivity index (χ0) is 24.8. The Morgan fingerprint density at radius 3 is 2.09 bits per heavy atom. The molecule has 1 amide bonds. The highest BCUT2D eigenvalue weighted by Crippen LogP contribution is 2.12. The molecule has 0 saturated carbocycles. The first-order valence-electron chi connectivity index (χ1n) is 11.8. The number of amidine groups is 1. The molecule has 10 nitrogen and oxygen atoms in total. The number of guanidine groups is 1. The van der Waals surface area contributed by atoms with Gasteiger partial charge in [0, 0.05) is 44.5 Å². The van der Waals surface area contributed by atoms with E-state index < -0.39 is 0 Å². The lowest BCUT2D eigenvalue weighted by Gasteiger charge is -2.08. The SMILES string of the molecule is CC(=O)N=c1n(CCCCCCCCN=C(N)N)ccn1CCCOc1ccc(C(=N)N)cc1. The van der Waals surface area contributed by atoms with E-state index in [2.05, 4.69) is 9.98 Å². The second-order valence-corrected chi connectivity index (χ2v) is 8.18. The maximum Gasteiger partial charge on any atom is 0.245 e. The van der Waals surface area contributed by atoms with Crippen molar-refractivity contribution >= 4 is 17.7 Å². The quantitative estimate of drug-likeness (QED) is 0.178. The van der Waals surface area contributed by atoms with Gasteiger partial charge < -0.3 is 31.1 Å². The average Bonchev–Trinajstić information content (AvgIpc) is 3.16. The van der Waals surface area contributed by atoms with Crippen molar-refractivity contribution < 1.29 is 9.53 Å². The molecule has 1 heterocycles. The number of nitrogens with one attached hydrogen (secondary N) is 1. The van der Waals surface area contributed by atoms with Gasteiger partial charge in [-0.25, -0.2) is 0 Å². The lowest BCUT2D eigenvalue weighted by Crippen LogP contribution is -2.27. The van der Waals surface area contributed by atoms with Gasteiger partial charge in [-0.1, -0.05) is 25.7 Å². The Morgan fingerprint density at radius 1 is 0.912 bits per heavy atom. The van der Waals surface area contributed by atoms with Gasteiger partial charge in [0.15, 0.2) is 5.96 Å². The van der Waals surface area contributed by atoms with Crippen LogP contribution in [0.2, 0.25) is 0 Å². The van der Waals surface area contributed by atoms with Crippen LogP contribution in [0, 0.1) is 5.41 Å². The number of nitrogens with two attached hydrogens (primary N) is 3. The summed E-state index contributed by atoms with van der Waals surface area (Å²) in [6.45, 7) is 4.21. The number of aromatic nitrogens is 2. The number of rotatable bonds is 15. The molecule has 0 bridgehead atoms. The second-order valence-electron chi connectivity index (χ2n) is 8.18. The van der Waals surface area contributed by atoms with Crippen LogP contribution >= 0.6 is 0 Å². The predicted octanol–water partition coefficient (Wildman–Crippen LogP) is 2.10. The molecule has 2 aromatic rings. The fraction of sp³-hybridized carbons (Fsp3) is 0.500. The Hall–Kier alpha value is -3.56. The maximum absolute atomic E-state index is 11.7. The summed E-state index contributed by atoms with van der Waals surface area (Å²) < 4.78 is 9.82. The molecule has 1 aromatic heterocycles. The van der Waals surface area contributed by atoms with Gasteiger partial charge in [0.2, 0.25) is 11.5 Å². The van der Waals surface area contributed by atoms with Crippen molar-refractivity contribution in [1.82, 2.24) is 9.13 Å². The van der Waals surface area contributed by atoms with Gasteiger partial charge in [-0.2, -0.15) is 4.99 Å². The van der Waals surface area contributed by atoms with Gasteiger partial charge in [0.25, 0.3) is 0 Å². The number of nitrogen functional groups attached to an aromatic ring is 1. The first-order chi connectivity index (χ1) is 16.4. The first kappa shape index (κ1) is 26.7. The molecule has 7 N–H and O–H groups in total. The standard InChI is InChI=1S/C24H38N8O2/c1-19(33)30-24-31(14-7-5-3-2-4-6-13-29-23(27)28)16-17-32(24)15-8-18-34-21-11-9-20(10-12-21)22(25)26/h9-12,16-17H,2-8,13-15,18H2,1H3,(H3,25,26)(H4,27,28,29). The van der Waals surface area contributed by atoms with Crippen molar-refractivity contribution in [2.45, 2.75) is 65.0 Å². The van der Waals surface area contributed by atoms with Crippen LogP contribution < -0.4 is 27.6 Å². The first-order valence-corrected chi connectivity index (χ1v) is 11.8. The number of amides is 1. The molecule has 0 aliphatic carbocycles. The summed E-state index contributed by atoms with van der Waals surface area (Å²) in [6.07, 6.45) is 11.3. The highest BCUT2D eigenvalue weighted by molar-refractivity contribution is 5.94. The molecule has 0 spiro atoms. The zero-order valence-corrected chi connectivity index (χ0v) is 20.1. The van der Waals surface area contributed by atoms with Gasteiger partial charge in [-0.3, -0.25) is 15.2 Å². The summed E-state index contributed by atoms with van der Waals surface area (Å²) in [6, 6.07) is 7.15. The zero-order valence-electron chi connectivity index (χ0n) is 20.1. The van der Waals surface area contributed by atoms with Crippen LogP contribution in [0.3, 0.4) is 0 Å². The van der Waals surface area contributed by atoms with Gasteiger partial charge in [-0.05, 0) is 43.5 Å². The minimum Gasteiger partial charge on any atom is -0.494 e. The number of ether oxygens (including phenoxy) is 1. The van der Waals surface area contributed by atoms with Crippen molar-refractivity contribution in [3.8, 4) is 5.75 Å². The maximum atomic E-state index is 11.7. The number of imidazole rings is 1.